The molecule has 1 aromatic heterocycles. The molecule has 182 valence electrons. The van der Waals surface area contributed by atoms with E-state index >= 15 is 0 Å². The van der Waals surface area contributed by atoms with Gasteiger partial charge in [-0.1, -0.05) is 36.4 Å². The number of aliphatic hydroxyl groups excluding tert-OH is 1. The first-order chi connectivity index (χ1) is 17.1. The zero-order valence-electron chi connectivity index (χ0n) is 20.2. The number of aromatic nitrogens is 1. The predicted molar refractivity (Wildman–Crippen MR) is 140 cm³/mol. The highest BCUT2D eigenvalue weighted by molar-refractivity contribution is 6.01. The molecule has 4 bridgehead atoms. The van der Waals surface area contributed by atoms with Gasteiger partial charge in [-0.15, -0.1) is 0 Å². The van der Waals surface area contributed by atoms with Gasteiger partial charge < -0.3 is 15.7 Å². The average molecular weight is 470 g/mol. The van der Waals surface area contributed by atoms with E-state index in [2.05, 4.69) is 22.8 Å². The molecule has 4 fully saturated rings. The number of aliphatic hydroxyl groups is 1. The van der Waals surface area contributed by atoms with Crippen LogP contribution in [0.5, 0.6) is 0 Å². The normalized spacial score (nSPS) is 27.6. The minimum atomic E-state index is -0.120. The van der Waals surface area contributed by atoms with Crippen molar-refractivity contribution in [3.63, 3.8) is 0 Å². The summed E-state index contributed by atoms with van der Waals surface area (Å²) in [7, 11) is 0. The number of benzene rings is 2. The molecule has 0 aliphatic heterocycles. The average Bonchev–Trinajstić information content (AvgIpc) is 2.83. The summed E-state index contributed by atoms with van der Waals surface area (Å²) in [6.07, 6.45) is 9.29. The Hall–Kier alpha value is -2.92. The van der Waals surface area contributed by atoms with E-state index in [0.717, 1.165) is 46.6 Å². The van der Waals surface area contributed by atoms with Crippen molar-refractivity contribution >= 4 is 28.3 Å². The number of nitrogens with zero attached hydrogens (tertiary/aromatic N) is 1. The second-order valence-electron chi connectivity index (χ2n) is 11.4. The SMILES string of the molecule is O=C(CC12CC3CC(CC(C3)C1)C2)Nc1cccc2nc(NC(CO)Cc3ccccc3)ccc12. The molecule has 1 unspecified atom stereocenters. The fourth-order valence-corrected chi connectivity index (χ4v) is 7.65. The summed E-state index contributed by atoms with van der Waals surface area (Å²) < 4.78 is 0. The second-order valence-corrected chi connectivity index (χ2v) is 11.4. The number of hydrogen-bond donors (Lipinski definition) is 3. The van der Waals surface area contributed by atoms with E-state index in [1.54, 1.807) is 0 Å². The largest absolute Gasteiger partial charge is 0.394 e. The summed E-state index contributed by atoms with van der Waals surface area (Å²) in [5.74, 6) is 3.43. The molecule has 5 heteroatoms. The van der Waals surface area contributed by atoms with Crippen LogP contribution in [0.4, 0.5) is 11.5 Å². The summed E-state index contributed by atoms with van der Waals surface area (Å²) >= 11 is 0. The third-order valence-corrected chi connectivity index (χ3v) is 8.60. The molecule has 1 amide bonds. The van der Waals surface area contributed by atoms with Crippen LogP contribution in [0.3, 0.4) is 0 Å². The lowest BCUT2D eigenvalue weighted by molar-refractivity contribution is -0.124. The minimum absolute atomic E-state index is 0.0228. The van der Waals surface area contributed by atoms with Crippen molar-refractivity contribution < 1.29 is 9.90 Å². The predicted octanol–water partition coefficient (Wildman–Crippen LogP) is 5.80. The maximum absolute atomic E-state index is 13.2. The molecule has 1 heterocycles. The van der Waals surface area contributed by atoms with Crippen molar-refractivity contribution in [3.8, 4) is 0 Å². The Morgan fingerprint density at radius 1 is 0.943 bits per heavy atom. The van der Waals surface area contributed by atoms with Crippen molar-refractivity contribution in [1.82, 2.24) is 4.98 Å². The van der Waals surface area contributed by atoms with E-state index in [1.165, 1.54) is 44.1 Å². The Morgan fingerprint density at radius 2 is 1.66 bits per heavy atom. The van der Waals surface area contributed by atoms with Crippen LogP contribution in [0, 0.1) is 23.2 Å². The first-order valence-electron chi connectivity index (χ1n) is 13.2. The highest BCUT2D eigenvalue weighted by Gasteiger charge is 2.51. The molecule has 1 atom stereocenters. The van der Waals surface area contributed by atoms with Gasteiger partial charge >= 0.3 is 0 Å². The molecule has 5 nitrogen and oxygen atoms in total. The molecule has 0 saturated heterocycles. The number of anilines is 2. The quantitative estimate of drug-likeness (QED) is 0.390. The van der Waals surface area contributed by atoms with Crippen LogP contribution in [0.2, 0.25) is 0 Å². The van der Waals surface area contributed by atoms with Gasteiger partial charge in [0.05, 0.1) is 23.9 Å². The lowest BCUT2D eigenvalue weighted by Crippen LogP contribution is -2.47. The van der Waals surface area contributed by atoms with Gasteiger partial charge in [0.1, 0.15) is 5.82 Å². The third kappa shape index (κ3) is 4.79. The maximum atomic E-state index is 13.2. The summed E-state index contributed by atoms with van der Waals surface area (Å²) in [6.45, 7) is 0.0228. The number of amides is 1. The van der Waals surface area contributed by atoms with Gasteiger partial charge in [0.15, 0.2) is 0 Å². The number of nitrogens with one attached hydrogen (secondary N) is 2. The molecule has 4 aliphatic rings. The number of carbonyl (C=O) groups is 1. The first-order valence-corrected chi connectivity index (χ1v) is 13.2. The molecule has 0 spiro atoms. The van der Waals surface area contributed by atoms with Crippen molar-refractivity contribution in [3.05, 3.63) is 66.2 Å². The zero-order chi connectivity index (χ0) is 23.8. The molecular formula is C30H35N3O2. The fourth-order valence-electron chi connectivity index (χ4n) is 7.65. The highest BCUT2D eigenvalue weighted by atomic mass is 16.3. The monoisotopic (exact) mass is 469 g/mol. The summed E-state index contributed by atoms with van der Waals surface area (Å²) in [4.78, 5) is 18.0. The number of hydrogen-bond acceptors (Lipinski definition) is 4. The molecule has 0 radical (unpaired) electrons. The third-order valence-electron chi connectivity index (χ3n) is 8.60. The molecule has 4 saturated carbocycles. The topological polar surface area (TPSA) is 74.2 Å². The van der Waals surface area contributed by atoms with Crippen molar-refractivity contribution in [2.75, 3.05) is 17.2 Å². The van der Waals surface area contributed by atoms with Gasteiger partial charge in [-0.2, -0.15) is 0 Å². The number of fused-ring (bicyclic) bond motifs is 1. The van der Waals surface area contributed by atoms with E-state index in [-0.39, 0.29) is 24.0 Å². The Bertz CT molecular complexity index is 1170. The first kappa shape index (κ1) is 22.5. The van der Waals surface area contributed by atoms with Crippen molar-refractivity contribution in [1.29, 1.82) is 0 Å². The zero-order valence-corrected chi connectivity index (χ0v) is 20.2. The highest BCUT2D eigenvalue weighted by Crippen LogP contribution is 2.61. The van der Waals surface area contributed by atoms with Crippen LogP contribution < -0.4 is 10.6 Å². The number of pyridine rings is 1. The summed E-state index contributed by atoms with van der Waals surface area (Å²) in [5.41, 5.74) is 3.07. The second kappa shape index (κ2) is 9.27. The van der Waals surface area contributed by atoms with Gasteiger partial charge in [-0.3, -0.25) is 4.79 Å². The molecule has 3 aromatic rings. The standard InChI is InChI=1S/C30H35N3O2/c34-19-24(14-20-5-2-1-3-6-20)31-28-10-9-25-26(32-28)7-4-8-27(25)33-29(35)18-30-15-21-11-22(16-30)13-23(12-21)17-30/h1-10,21-24,34H,11-19H2,(H,31,32)(H,33,35). The van der Waals surface area contributed by atoms with Crippen LogP contribution in [0.15, 0.2) is 60.7 Å². The summed E-state index contributed by atoms with van der Waals surface area (Å²) in [6, 6.07) is 19.9. The van der Waals surface area contributed by atoms with Gasteiger partial charge in [0.2, 0.25) is 5.91 Å². The molecule has 2 aromatic carbocycles. The number of rotatable bonds is 8. The van der Waals surface area contributed by atoms with Crippen LogP contribution in [0.25, 0.3) is 10.9 Å². The molecule has 7 rings (SSSR count). The Kier molecular flexibility index (Phi) is 5.97. The van der Waals surface area contributed by atoms with Crippen molar-refractivity contribution in [2.24, 2.45) is 23.2 Å². The smallest absolute Gasteiger partial charge is 0.224 e. The van der Waals surface area contributed by atoms with Gasteiger partial charge in [-0.05, 0) is 97.9 Å². The number of carbonyl (C=O) groups excluding carboxylic acids is 1. The van der Waals surface area contributed by atoms with E-state index in [9.17, 15) is 9.90 Å². The van der Waals surface area contributed by atoms with Crippen LogP contribution in [-0.4, -0.2) is 28.6 Å². The van der Waals surface area contributed by atoms with E-state index in [1.807, 2.05) is 48.5 Å². The van der Waals surface area contributed by atoms with Crippen molar-refractivity contribution in [2.45, 2.75) is 57.4 Å². The molecular weight excluding hydrogens is 434 g/mol. The van der Waals surface area contributed by atoms with Gasteiger partial charge in [0.25, 0.3) is 0 Å². The van der Waals surface area contributed by atoms with E-state index in [0.29, 0.717) is 6.42 Å². The Morgan fingerprint density at radius 3 is 2.34 bits per heavy atom. The fraction of sp³-hybridized carbons (Fsp3) is 0.467. The van der Waals surface area contributed by atoms with Crippen LogP contribution >= 0.6 is 0 Å². The van der Waals surface area contributed by atoms with Gasteiger partial charge in [0, 0.05) is 11.8 Å². The summed E-state index contributed by atoms with van der Waals surface area (Å²) in [5, 5.41) is 17.4. The lowest BCUT2D eigenvalue weighted by Gasteiger charge is -2.56. The molecule has 4 aliphatic carbocycles. The maximum Gasteiger partial charge on any atom is 0.224 e. The van der Waals surface area contributed by atoms with Crippen LogP contribution in [0.1, 0.15) is 50.5 Å². The molecule has 35 heavy (non-hydrogen) atoms. The lowest BCUT2D eigenvalue weighted by atomic mass is 9.49. The van der Waals surface area contributed by atoms with Crippen LogP contribution in [-0.2, 0) is 11.2 Å². The Balaban J connectivity index is 1.14. The molecule has 3 N–H and O–H groups in total. The van der Waals surface area contributed by atoms with E-state index in [4.69, 9.17) is 4.98 Å². The Labute approximate surface area is 207 Å². The van der Waals surface area contributed by atoms with Gasteiger partial charge in [-0.25, -0.2) is 4.98 Å². The van der Waals surface area contributed by atoms with E-state index < -0.39 is 0 Å². The minimum Gasteiger partial charge on any atom is -0.394 e.